The van der Waals surface area contributed by atoms with Gasteiger partial charge < -0.3 is 9.14 Å². The first-order valence-corrected chi connectivity index (χ1v) is 6.31. The van der Waals surface area contributed by atoms with Gasteiger partial charge in [0.1, 0.15) is 0 Å². The lowest BCUT2D eigenvalue weighted by atomic mass is 10.2. The van der Waals surface area contributed by atoms with Crippen LogP contribution < -0.4 is 0 Å². The number of methoxy groups -OCH3 is 1. The molecule has 2 aromatic heterocycles. The number of fused-ring (bicyclic) bond motifs is 1. The molecule has 2 aromatic rings. The molecule has 94 valence electrons. The number of hydrogen-bond acceptors (Lipinski definition) is 2. The molecule has 0 atom stereocenters. The molecule has 0 bridgehead atoms. The predicted octanol–water partition coefficient (Wildman–Crippen LogP) is 3.33. The van der Waals surface area contributed by atoms with Gasteiger partial charge in [-0.3, -0.25) is 0 Å². The molecule has 0 aromatic carbocycles. The highest BCUT2D eigenvalue weighted by molar-refractivity contribution is 5.51. The number of aromatic nitrogens is 2. The van der Waals surface area contributed by atoms with Crippen molar-refractivity contribution < 1.29 is 4.74 Å². The average molecular weight is 234 g/mol. The number of ether oxygens (including phenoxy) is 1. The van der Waals surface area contributed by atoms with E-state index in [1.807, 2.05) is 32.4 Å². The standard InChI is InChI=1S/C12H16N2O.C2H6/c1-15-9-5-3-6-11-12-7-2-4-8-14(12)10-13-11;1-2/h2,4,7-8,10H,3,5-6,9H2,1H3;1-2H3. The van der Waals surface area contributed by atoms with Crippen LogP contribution in [0.3, 0.4) is 0 Å². The number of rotatable bonds is 5. The molecule has 2 rings (SSSR count). The van der Waals surface area contributed by atoms with Crippen LogP contribution in [0.1, 0.15) is 32.4 Å². The summed E-state index contributed by atoms with van der Waals surface area (Å²) in [6, 6.07) is 6.18. The van der Waals surface area contributed by atoms with E-state index < -0.39 is 0 Å². The zero-order valence-corrected chi connectivity index (χ0v) is 11.0. The molecular formula is C14H22N2O. The number of pyridine rings is 1. The minimum absolute atomic E-state index is 0.839. The Morgan fingerprint density at radius 3 is 2.82 bits per heavy atom. The van der Waals surface area contributed by atoms with Gasteiger partial charge in [0.15, 0.2) is 0 Å². The Kier molecular flexibility index (Phi) is 6.33. The van der Waals surface area contributed by atoms with Gasteiger partial charge in [-0.15, -0.1) is 0 Å². The largest absolute Gasteiger partial charge is 0.385 e. The van der Waals surface area contributed by atoms with E-state index in [-0.39, 0.29) is 0 Å². The molecule has 0 aliphatic heterocycles. The van der Waals surface area contributed by atoms with Crippen LogP contribution in [0.4, 0.5) is 0 Å². The first-order valence-electron chi connectivity index (χ1n) is 6.31. The van der Waals surface area contributed by atoms with Gasteiger partial charge in [-0.2, -0.15) is 0 Å². The highest BCUT2D eigenvalue weighted by atomic mass is 16.5. The maximum Gasteiger partial charge on any atom is 0.0995 e. The fourth-order valence-electron chi connectivity index (χ4n) is 1.73. The molecular weight excluding hydrogens is 212 g/mol. The van der Waals surface area contributed by atoms with Crippen molar-refractivity contribution in [3.63, 3.8) is 0 Å². The molecule has 17 heavy (non-hydrogen) atoms. The summed E-state index contributed by atoms with van der Waals surface area (Å²) >= 11 is 0. The summed E-state index contributed by atoms with van der Waals surface area (Å²) in [5.74, 6) is 0. The third kappa shape index (κ3) is 3.86. The van der Waals surface area contributed by atoms with Crippen LogP contribution in [-0.2, 0) is 11.2 Å². The number of hydrogen-bond donors (Lipinski definition) is 0. The first kappa shape index (κ1) is 13.7. The average Bonchev–Trinajstić information content (AvgIpc) is 2.81. The van der Waals surface area contributed by atoms with E-state index in [9.17, 15) is 0 Å². The first-order chi connectivity index (χ1) is 8.42. The van der Waals surface area contributed by atoms with Gasteiger partial charge in [0, 0.05) is 19.9 Å². The molecule has 0 radical (unpaired) electrons. The van der Waals surface area contributed by atoms with Crippen LogP contribution in [0, 0.1) is 0 Å². The molecule has 0 aliphatic rings. The van der Waals surface area contributed by atoms with Crippen molar-refractivity contribution >= 4 is 5.52 Å². The lowest BCUT2D eigenvalue weighted by Crippen LogP contribution is -1.92. The number of unbranched alkanes of at least 4 members (excludes halogenated alkanes) is 1. The lowest BCUT2D eigenvalue weighted by Gasteiger charge is -1.99. The monoisotopic (exact) mass is 234 g/mol. The maximum atomic E-state index is 5.02. The topological polar surface area (TPSA) is 26.5 Å². The normalized spacial score (nSPS) is 10.1. The van der Waals surface area contributed by atoms with Gasteiger partial charge >= 0.3 is 0 Å². The second kappa shape index (κ2) is 7.85. The molecule has 0 fully saturated rings. The Bertz CT molecular complexity index is 423. The van der Waals surface area contributed by atoms with E-state index in [0.717, 1.165) is 25.9 Å². The van der Waals surface area contributed by atoms with E-state index in [4.69, 9.17) is 4.74 Å². The maximum absolute atomic E-state index is 5.02. The van der Waals surface area contributed by atoms with Gasteiger partial charge in [-0.25, -0.2) is 4.98 Å². The molecule has 0 saturated carbocycles. The minimum Gasteiger partial charge on any atom is -0.385 e. The molecule has 0 unspecified atom stereocenters. The van der Waals surface area contributed by atoms with E-state index in [0.29, 0.717) is 0 Å². The molecule has 0 aliphatic carbocycles. The van der Waals surface area contributed by atoms with Crippen molar-refractivity contribution in [1.29, 1.82) is 0 Å². The van der Waals surface area contributed by atoms with Crippen LogP contribution in [0.5, 0.6) is 0 Å². The van der Waals surface area contributed by atoms with Gasteiger partial charge in [0.05, 0.1) is 17.5 Å². The van der Waals surface area contributed by atoms with Crippen molar-refractivity contribution in [2.45, 2.75) is 33.1 Å². The zero-order valence-electron chi connectivity index (χ0n) is 11.0. The third-order valence-corrected chi connectivity index (χ3v) is 2.54. The van der Waals surface area contributed by atoms with E-state index in [2.05, 4.69) is 21.5 Å². The number of aryl methyl sites for hydroxylation is 1. The molecule has 0 N–H and O–H groups in total. The van der Waals surface area contributed by atoms with E-state index in [1.54, 1.807) is 7.11 Å². The van der Waals surface area contributed by atoms with Crippen molar-refractivity contribution in [2.75, 3.05) is 13.7 Å². The second-order valence-electron chi connectivity index (χ2n) is 3.63. The highest BCUT2D eigenvalue weighted by Crippen LogP contribution is 2.11. The Hall–Kier alpha value is -1.35. The summed E-state index contributed by atoms with van der Waals surface area (Å²) in [4.78, 5) is 4.42. The summed E-state index contributed by atoms with van der Waals surface area (Å²) in [6.07, 6.45) is 7.17. The summed E-state index contributed by atoms with van der Waals surface area (Å²) in [5.41, 5.74) is 2.40. The van der Waals surface area contributed by atoms with Gasteiger partial charge in [0.2, 0.25) is 0 Å². The van der Waals surface area contributed by atoms with Crippen molar-refractivity contribution in [3.05, 3.63) is 36.4 Å². The predicted molar refractivity (Wildman–Crippen MR) is 71.4 cm³/mol. The summed E-state index contributed by atoms with van der Waals surface area (Å²) in [5, 5.41) is 0. The second-order valence-corrected chi connectivity index (χ2v) is 3.63. The summed E-state index contributed by atoms with van der Waals surface area (Å²) < 4.78 is 7.08. The minimum atomic E-state index is 0.839. The molecule has 3 nitrogen and oxygen atoms in total. The Morgan fingerprint density at radius 2 is 2.06 bits per heavy atom. The molecule has 3 heteroatoms. The van der Waals surface area contributed by atoms with E-state index in [1.165, 1.54) is 11.2 Å². The van der Waals surface area contributed by atoms with Crippen LogP contribution in [0.15, 0.2) is 30.7 Å². The molecule has 0 amide bonds. The Morgan fingerprint density at radius 1 is 1.24 bits per heavy atom. The summed E-state index contributed by atoms with van der Waals surface area (Å²) in [7, 11) is 1.74. The van der Waals surface area contributed by atoms with Gasteiger partial charge in [0.25, 0.3) is 0 Å². The molecule has 2 heterocycles. The number of nitrogens with zero attached hydrogens (tertiary/aromatic N) is 2. The lowest BCUT2D eigenvalue weighted by molar-refractivity contribution is 0.193. The van der Waals surface area contributed by atoms with Crippen molar-refractivity contribution in [3.8, 4) is 0 Å². The third-order valence-electron chi connectivity index (χ3n) is 2.54. The van der Waals surface area contributed by atoms with Crippen LogP contribution in [0.25, 0.3) is 5.52 Å². The molecule has 0 spiro atoms. The fraction of sp³-hybridized carbons (Fsp3) is 0.500. The van der Waals surface area contributed by atoms with Crippen LogP contribution >= 0.6 is 0 Å². The summed E-state index contributed by atoms with van der Waals surface area (Å²) in [6.45, 7) is 4.84. The molecule has 0 saturated heterocycles. The van der Waals surface area contributed by atoms with Crippen molar-refractivity contribution in [2.24, 2.45) is 0 Å². The zero-order chi connectivity index (χ0) is 12.5. The van der Waals surface area contributed by atoms with Gasteiger partial charge in [-0.1, -0.05) is 19.9 Å². The smallest absolute Gasteiger partial charge is 0.0995 e. The fourth-order valence-corrected chi connectivity index (χ4v) is 1.73. The number of imidazole rings is 1. The quantitative estimate of drug-likeness (QED) is 0.742. The Balaban J connectivity index is 0.000000686. The van der Waals surface area contributed by atoms with Crippen molar-refractivity contribution in [1.82, 2.24) is 9.38 Å². The van der Waals surface area contributed by atoms with Gasteiger partial charge in [-0.05, 0) is 31.4 Å². The highest BCUT2D eigenvalue weighted by Gasteiger charge is 2.02. The van der Waals surface area contributed by atoms with Crippen LogP contribution in [0.2, 0.25) is 0 Å². The SMILES string of the molecule is CC.COCCCCc1ncn2ccccc12. The van der Waals surface area contributed by atoms with Crippen LogP contribution in [-0.4, -0.2) is 23.1 Å². The Labute approximate surface area is 103 Å². The van der Waals surface area contributed by atoms with E-state index >= 15 is 0 Å².